The number of benzene rings is 2. The molecule has 0 aliphatic heterocycles. The molecule has 2 N–H and O–H groups in total. The summed E-state index contributed by atoms with van der Waals surface area (Å²) in [6.45, 7) is 3.94. The van der Waals surface area contributed by atoms with Crippen LogP contribution >= 0.6 is 15.9 Å². The van der Waals surface area contributed by atoms with E-state index in [4.69, 9.17) is 4.74 Å². The summed E-state index contributed by atoms with van der Waals surface area (Å²) in [5.41, 5.74) is 1.98. The van der Waals surface area contributed by atoms with Crippen molar-refractivity contribution < 1.29 is 14.3 Å². The highest BCUT2D eigenvalue weighted by Crippen LogP contribution is 2.18. The zero-order valence-corrected chi connectivity index (χ0v) is 15.1. The lowest BCUT2D eigenvalue weighted by molar-refractivity contribution is 0.0939. The third kappa shape index (κ3) is 5.09. The molecule has 0 aliphatic rings. The van der Waals surface area contributed by atoms with E-state index in [0.717, 1.165) is 10.0 Å². The van der Waals surface area contributed by atoms with Gasteiger partial charge in [0, 0.05) is 15.7 Å². The smallest absolute Gasteiger partial charge is 0.411 e. The Hall–Kier alpha value is -2.34. The van der Waals surface area contributed by atoms with Gasteiger partial charge in [0.1, 0.15) is 0 Å². The maximum Gasteiger partial charge on any atom is 0.411 e. The van der Waals surface area contributed by atoms with Crippen LogP contribution < -0.4 is 10.6 Å². The highest BCUT2D eigenvalue weighted by atomic mass is 79.9. The number of hydrogen-bond acceptors (Lipinski definition) is 3. The molecule has 24 heavy (non-hydrogen) atoms. The zero-order chi connectivity index (χ0) is 17.5. The van der Waals surface area contributed by atoms with Gasteiger partial charge >= 0.3 is 6.09 Å². The standard InChI is InChI=1S/C18H19BrN2O3/c1-3-24-18(23)21-16-6-4-5-14(11-16)17(22)20-12(2)13-7-9-15(19)10-8-13/h4-12H,3H2,1-2H3,(H,20,22)(H,21,23)/t12-/m1/s1. The summed E-state index contributed by atoms with van der Waals surface area (Å²) in [6.07, 6.45) is -0.543. The highest BCUT2D eigenvalue weighted by molar-refractivity contribution is 9.10. The van der Waals surface area contributed by atoms with E-state index in [9.17, 15) is 9.59 Å². The fourth-order valence-electron chi connectivity index (χ4n) is 2.14. The number of rotatable bonds is 5. The van der Waals surface area contributed by atoms with Crippen molar-refractivity contribution in [1.29, 1.82) is 0 Å². The second-order valence-corrected chi connectivity index (χ2v) is 6.09. The van der Waals surface area contributed by atoms with Gasteiger partial charge in [0.25, 0.3) is 5.91 Å². The van der Waals surface area contributed by atoms with E-state index < -0.39 is 6.09 Å². The van der Waals surface area contributed by atoms with Crippen molar-refractivity contribution >= 4 is 33.6 Å². The number of carbonyl (C=O) groups is 2. The van der Waals surface area contributed by atoms with Crippen molar-refractivity contribution in [2.45, 2.75) is 19.9 Å². The normalized spacial score (nSPS) is 11.5. The van der Waals surface area contributed by atoms with Crippen LogP contribution in [0.2, 0.25) is 0 Å². The van der Waals surface area contributed by atoms with Crippen LogP contribution in [0.3, 0.4) is 0 Å². The summed E-state index contributed by atoms with van der Waals surface area (Å²) >= 11 is 3.39. The number of ether oxygens (including phenoxy) is 1. The van der Waals surface area contributed by atoms with Crippen LogP contribution in [0.1, 0.15) is 35.8 Å². The van der Waals surface area contributed by atoms with Gasteiger partial charge in [0.05, 0.1) is 12.6 Å². The summed E-state index contributed by atoms with van der Waals surface area (Å²) in [5, 5.41) is 5.52. The molecule has 5 nitrogen and oxygen atoms in total. The molecular formula is C18H19BrN2O3. The summed E-state index contributed by atoms with van der Waals surface area (Å²) in [4.78, 5) is 23.8. The largest absolute Gasteiger partial charge is 0.450 e. The van der Waals surface area contributed by atoms with Crippen LogP contribution in [-0.4, -0.2) is 18.6 Å². The van der Waals surface area contributed by atoms with E-state index in [0.29, 0.717) is 11.3 Å². The van der Waals surface area contributed by atoms with Crippen LogP contribution in [0.5, 0.6) is 0 Å². The van der Waals surface area contributed by atoms with Gasteiger partial charge in [-0.05, 0) is 49.7 Å². The number of anilines is 1. The maximum absolute atomic E-state index is 12.4. The molecular weight excluding hydrogens is 372 g/mol. The van der Waals surface area contributed by atoms with Gasteiger partial charge in [-0.25, -0.2) is 4.79 Å². The molecule has 0 radical (unpaired) electrons. The van der Waals surface area contributed by atoms with E-state index >= 15 is 0 Å². The Bertz CT molecular complexity index is 716. The molecule has 0 aliphatic carbocycles. The van der Waals surface area contributed by atoms with Crippen LogP contribution in [0.15, 0.2) is 53.0 Å². The van der Waals surface area contributed by atoms with Gasteiger partial charge in [-0.2, -0.15) is 0 Å². The van der Waals surface area contributed by atoms with Gasteiger partial charge in [0.2, 0.25) is 0 Å². The SMILES string of the molecule is CCOC(=O)Nc1cccc(C(=O)N[C@H](C)c2ccc(Br)cc2)c1. The molecule has 0 unspecified atom stereocenters. The summed E-state index contributed by atoms with van der Waals surface area (Å²) < 4.78 is 5.81. The Morgan fingerprint density at radius 1 is 1.17 bits per heavy atom. The van der Waals surface area contributed by atoms with Crippen LogP contribution in [0, 0.1) is 0 Å². The van der Waals surface area contributed by atoms with Crippen LogP contribution in [-0.2, 0) is 4.74 Å². The second-order valence-electron chi connectivity index (χ2n) is 5.17. The third-order valence-electron chi connectivity index (χ3n) is 3.36. The van der Waals surface area contributed by atoms with E-state index in [2.05, 4.69) is 26.6 Å². The molecule has 2 amide bonds. The van der Waals surface area contributed by atoms with Crippen LogP contribution in [0.4, 0.5) is 10.5 Å². The second kappa shape index (κ2) is 8.49. The van der Waals surface area contributed by atoms with Crippen LogP contribution in [0.25, 0.3) is 0 Å². The number of carbonyl (C=O) groups excluding carboxylic acids is 2. The zero-order valence-electron chi connectivity index (χ0n) is 13.5. The number of halogens is 1. The predicted octanol–water partition coefficient (Wildman–Crippen LogP) is 4.51. The third-order valence-corrected chi connectivity index (χ3v) is 3.89. The van der Waals surface area contributed by atoms with E-state index in [-0.39, 0.29) is 18.6 Å². The Morgan fingerprint density at radius 2 is 1.88 bits per heavy atom. The van der Waals surface area contributed by atoms with E-state index in [1.54, 1.807) is 31.2 Å². The minimum absolute atomic E-state index is 0.132. The lowest BCUT2D eigenvalue weighted by Crippen LogP contribution is -2.26. The molecule has 2 aromatic carbocycles. The van der Waals surface area contributed by atoms with Gasteiger partial charge in [0.15, 0.2) is 0 Å². The molecule has 1 atom stereocenters. The Labute approximate surface area is 149 Å². The molecule has 0 aromatic heterocycles. The number of nitrogens with one attached hydrogen (secondary N) is 2. The average molecular weight is 391 g/mol. The fourth-order valence-corrected chi connectivity index (χ4v) is 2.40. The number of amides is 2. The lowest BCUT2D eigenvalue weighted by atomic mass is 10.1. The minimum atomic E-state index is -0.543. The Balaban J connectivity index is 2.04. The summed E-state index contributed by atoms with van der Waals surface area (Å²) in [6, 6.07) is 14.4. The van der Waals surface area contributed by atoms with Crippen molar-refractivity contribution in [3.63, 3.8) is 0 Å². The summed E-state index contributed by atoms with van der Waals surface area (Å²) in [5.74, 6) is -0.210. The average Bonchev–Trinajstić information content (AvgIpc) is 2.55. The Morgan fingerprint density at radius 3 is 2.54 bits per heavy atom. The van der Waals surface area contributed by atoms with Crippen molar-refractivity contribution in [1.82, 2.24) is 5.32 Å². The predicted molar refractivity (Wildman–Crippen MR) is 97.1 cm³/mol. The van der Waals surface area contributed by atoms with E-state index in [1.807, 2.05) is 31.2 Å². The molecule has 0 spiro atoms. The maximum atomic E-state index is 12.4. The van der Waals surface area contributed by atoms with Crippen molar-refractivity contribution in [2.24, 2.45) is 0 Å². The van der Waals surface area contributed by atoms with Crippen molar-refractivity contribution in [2.75, 3.05) is 11.9 Å². The first-order valence-corrected chi connectivity index (χ1v) is 8.39. The number of hydrogen-bond donors (Lipinski definition) is 2. The molecule has 0 bridgehead atoms. The van der Waals surface area contributed by atoms with Crippen molar-refractivity contribution in [3.05, 3.63) is 64.1 Å². The molecule has 2 rings (SSSR count). The van der Waals surface area contributed by atoms with Crippen molar-refractivity contribution in [3.8, 4) is 0 Å². The first-order valence-electron chi connectivity index (χ1n) is 7.59. The molecule has 2 aromatic rings. The Kier molecular flexibility index (Phi) is 6.37. The molecule has 0 fully saturated rings. The van der Waals surface area contributed by atoms with E-state index in [1.165, 1.54) is 0 Å². The minimum Gasteiger partial charge on any atom is -0.450 e. The van der Waals surface area contributed by atoms with Gasteiger partial charge < -0.3 is 10.1 Å². The highest BCUT2D eigenvalue weighted by Gasteiger charge is 2.12. The molecule has 0 saturated heterocycles. The summed E-state index contributed by atoms with van der Waals surface area (Å²) in [7, 11) is 0. The quantitative estimate of drug-likeness (QED) is 0.788. The van der Waals surface area contributed by atoms with Gasteiger partial charge in [-0.15, -0.1) is 0 Å². The first-order chi connectivity index (χ1) is 11.5. The van der Waals surface area contributed by atoms with Gasteiger partial charge in [-0.3, -0.25) is 10.1 Å². The first kappa shape index (κ1) is 18.0. The van der Waals surface area contributed by atoms with Gasteiger partial charge in [-0.1, -0.05) is 34.1 Å². The monoisotopic (exact) mass is 390 g/mol. The lowest BCUT2D eigenvalue weighted by Gasteiger charge is -2.15. The fraction of sp³-hybridized carbons (Fsp3) is 0.222. The molecule has 0 heterocycles. The topological polar surface area (TPSA) is 67.4 Å². The molecule has 126 valence electrons. The molecule has 6 heteroatoms. The molecule has 0 saturated carbocycles.